The van der Waals surface area contributed by atoms with Gasteiger partial charge in [0.15, 0.2) is 5.82 Å². The first-order chi connectivity index (χ1) is 21.2. The van der Waals surface area contributed by atoms with E-state index in [9.17, 15) is 18.0 Å². The van der Waals surface area contributed by atoms with Gasteiger partial charge in [-0.2, -0.15) is 9.19 Å². The summed E-state index contributed by atoms with van der Waals surface area (Å²) in [5.41, 5.74) is 3.97. The van der Waals surface area contributed by atoms with Crippen LogP contribution >= 0.6 is 12.8 Å². The molecule has 0 radical (unpaired) electrons. The number of pyridine rings is 1. The first-order valence-corrected chi connectivity index (χ1v) is 16.0. The van der Waals surface area contributed by atoms with Gasteiger partial charge in [0.1, 0.15) is 0 Å². The van der Waals surface area contributed by atoms with Crippen LogP contribution in [0.25, 0.3) is 22.0 Å². The third-order valence-electron chi connectivity index (χ3n) is 7.08. The van der Waals surface area contributed by atoms with Crippen molar-refractivity contribution in [2.75, 3.05) is 15.4 Å². The van der Waals surface area contributed by atoms with Gasteiger partial charge in [-0.1, -0.05) is 55.0 Å². The normalized spacial score (nSPS) is 11.3. The lowest BCUT2D eigenvalue weighted by atomic mass is 10.0. The van der Waals surface area contributed by atoms with E-state index in [1.165, 1.54) is 11.0 Å². The minimum atomic E-state index is -4.06. The number of amides is 2. The molecule has 226 valence electrons. The van der Waals surface area contributed by atoms with Crippen molar-refractivity contribution in [1.29, 1.82) is 0 Å². The number of hydrogen-bond donors (Lipinski definition) is 4. The summed E-state index contributed by atoms with van der Waals surface area (Å²) in [6.07, 6.45) is 6.19. The van der Waals surface area contributed by atoms with Gasteiger partial charge in [-0.15, -0.1) is 0 Å². The zero-order valence-corrected chi connectivity index (χ0v) is 25.7. The number of benzene rings is 3. The van der Waals surface area contributed by atoms with E-state index in [2.05, 4.69) is 38.3 Å². The van der Waals surface area contributed by atoms with Crippen LogP contribution in [0, 0.1) is 0 Å². The highest BCUT2D eigenvalue weighted by Crippen LogP contribution is 2.35. The molecule has 0 aliphatic carbocycles. The van der Waals surface area contributed by atoms with Gasteiger partial charge in [-0.05, 0) is 79.8 Å². The number of aryl methyl sites for hydroxylation is 2. The summed E-state index contributed by atoms with van der Waals surface area (Å²) in [7, 11) is -4.06. The number of nitrogens with zero attached hydrogens (tertiary/aromatic N) is 3. The second-order valence-corrected chi connectivity index (χ2v) is 12.3. The fourth-order valence-corrected chi connectivity index (χ4v) is 6.74. The molecule has 0 spiro atoms. The highest BCUT2D eigenvalue weighted by atomic mass is 32.2. The maximum absolute atomic E-state index is 13.8. The maximum Gasteiger partial charge on any atom is 0.263 e. The van der Waals surface area contributed by atoms with Crippen LogP contribution in [-0.2, 0) is 32.5 Å². The predicted molar refractivity (Wildman–Crippen MR) is 176 cm³/mol. The fraction of sp³-hybridized carbons (Fsp3) is 0.188. The van der Waals surface area contributed by atoms with E-state index in [0.717, 1.165) is 42.3 Å². The Labute approximate surface area is 261 Å². The molecule has 5 aromatic rings. The number of rotatable bonds is 13. The van der Waals surface area contributed by atoms with E-state index < -0.39 is 10.0 Å². The van der Waals surface area contributed by atoms with Crippen LogP contribution < -0.4 is 15.4 Å². The molecular weight excluding hydrogens is 597 g/mol. The van der Waals surface area contributed by atoms with Crippen LogP contribution in [0.15, 0.2) is 90.0 Å². The molecular formula is C32H32N6O4S2. The third-order valence-corrected chi connectivity index (χ3v) is 8.77. The van der Waals surface area contributed by atoms with Crippen LogP contribution in [0.2, 0.25) is 0 Å². The number of thiol groups is 1. The van der Waals surface area contributed by atoms with Crippen LogP contribution in [0.1, 0.15) is 37.4 Å². The van der Waals surface area contributed by atoms with Crippen LogP contribution in [-0.4, -0.2) is 34.9 Å². The number of carbonyl (C=O) groups excluding carboxylic acids is 2. The molecule has 2 heterocycles. The van der Waals surface area contributed by atoms with E-state index >= 15 is 0 Å². The Morgan fingerprint density at radius 1 is 0.932 bits per heavy atom. The molecule has 0 fully saturated rings. The first-order valence-electron chi connectivity index (χ1n) is 14.1. The SMILES string of the molecule is CC(=O)Nc1ccnc(-c2c(CCCCCc3cccc(NC=O)c3)nn(S)c2NS(=O)(=O)c2cccc3ccccc23)c1. The molecule has 0 unspecified atom stereocenters. The van der Waals surface area contributed by atoms with Gasteiger partial charge < -0.3 is 10.6 Å². The molecule has 0 aliphatic rings. The van der Waals surface area contributed by atoms with E-state index in [1.54, 1.807) is 42.6 Å². The quantitative estimate of drug-likeness (QED) is 0.0710. The molecule has 2 amide bonds. The largest absolute Gasteiger partial charge is 0.329 e. The van der Waals surface area contributed by atoms with Crippen molar-refractivity contribution in [2.24, 2.45) is 0 Å². The second kappa shape index (κ2) is 13.7. The average Bonchev–Trinajstić information content (AvgIpc) is 3.30. The molecule has 44 heavy (non-hydrogen) atoms. The van der Waals surface area contributed by atoms with Gasteiger partial charge >= 0.3 is 0 Å². The second-order valence-electron chi connectivity index (χ2n) is 10.3. The molecule has 0 bridgehead atoms. The third kappa shape index (κ3) is 7.26. The standard InChI is InChI=1S/C32H32N6O4S2/c1-22(40)35-26-17-18-33-29(20-26)31-28(15-4-2-3-9-23-10-7-13-25(19-23)34-21-39)36-38(43)32(31)37-44(41,42)30-16-8-12-24-11-5-6-14-27(24)30/h5-8,10-14,16-21,37,43H,2-4,9,15H2,1H3,(H,34,39)(H,33,35,40). The molecule has 12 heteroatoms. The van der Waals surface area contributed by atoms with E-state index in [0.29, 0.717) is 40.9 Å². The Morgan fingerprint density at radius 3 is 2.52 bits per heavy atom. The zero-order valence-electron chi connectivity index (χ0n) is 24.0. The maximum atomic E-state index is 13.8. The number of carbonyl (C=O) groups is 2. The predicted octanol–water partition coefficient (Wildman–Crippen LogP) is 6.07. The highest BCUT2D eigenvalue weighted by Gasteiger charge is 2.26. The summed E-state index contributed by atoms with van der Waals surface area (Å²) in [5.74, 6) is -0.0835. The fourth-order valence-electron chi connectivity index (χ4n) is 5.13. The Morgan fingerprint density at radius 2 is 1.70 bits per heavy atom. The number of nitrogens with one attached hydrogen (secondary N) is 3. The Hall–Kier alpha value is -4.68. The van der Waals surface area contributed by atoms with Gasteiger partial charge in [-0.25, -0.2) is 8.42 Å². The summed E-state index contributed by atoms with van der Waals surface area (Å²) < 4.78 is 31.5. The van der Waals surface area contributed by atoms with Crippen molar-refractivity contribution < 1.29 is 18.0 Å². The van der Waals surface area contributed by atoms with Gasteiger partial charge in [-0.3, -0.25) is 19.3 Å². The first kappa shape index (κ1) is 30.8. The summed E-state index contributed by atoms with van der Waals surface area (Å²) in [4.78, 5) is 27.1. The van der Waals surface area contributed by atoms with E-state index in [1.807, 2.05) is 42.5 Å². The van der Waals surface area contributed by atoms with Gasteiger partial charge in [0.05, 0.1) is 21.8 Å². The Balaban J connectivity index is 1.42. The summed E-state index contributed by atoms with van der Waals surface area (Å²) >= 11 is 4.51. The van der Waals surface area contributed by atoms with Crippen molar-refractivity contribution >= 4 is 63.1 Å². The highest BCUT2D eigenvalue weighted by molar-refractivity contribution is 7.93. The van der Waals surface area contributed by atoms with E-state index in [-0.39, 0.29) is 16.6 Å². The molecule has 3 aromatic carbocycles. The topological polar surface area (TPSA) is 135 Å². The van der Waals surface area contributed by atoms with Crippen molar-refractivity contribution in [1.82, 2.24) is 14.2 Å². The molecule has 0 saturated heterocycles. The van der Waals surface area contributed by atoms with Crippen molar-refractivity contribution in [3.8, 4) is 11.3 Å². The Bertz CT molecular complexity index is 1920. The minimum absolute atomic E-state index is 0.130. The molecule has 10 nitrogen and oxygen atoms in total. The number of sulfonamides is 1. The van der Waals surface area contributed by atoms with Gasteiger partial charge in [0.25, 0.3) is 10.0 Å². The molecule has 3 N–H and O–H groups in total. The lowest BCUT2D eigenvalue weighted by molar-refractivity contribution is -0.114. The van der Waals surface area contributed by atoms with Crippen molar-refractivity contribution in [3.63, 3.8) is 0 Å². The smallest absolute Gasteiger partial charge is 0.263 e. The van der Waals surface area contributed by atoms with Crippen molar-refractivity contribution in [3.05, 3.63) is 96.3 Å². The average molecular weight is 629 g/mol. The monoisotopic (exact) mass is 628 g/mol. The van der Waals surface area contributed by atoms with Crippen molar-refractivity contribution in [2.45, 2.75) is 43.9 Å². The number of fused-ring (bicyclic) bond motifs is 1. The molecule has 0 saturated carbocycles. The number of aromatic nitrogens is 3. The molecule has 2 aromatic heterocycles. The van der Waals surface area contributed by atoms with Gasteiger partial charge in [0.2, 0.25) is 12.3 Å². The lowest BCUT2D eigenvalue weighted by Crippen LogP contribution is -2.15. The zero-order chi connectivity index (χ0) is 31.1. The number of unbranched alkanes of at least 4 members (excludes halogenated alkanes) is 2. The molecule has 0 atom stereocenters. The lowest BCUT2D eigenvalue weighted by Gasteiger charge is -2.13. The van der Waals surface area contributed by atoms with Crippen LogP contribution in [0.5, 0.6) is 0 Å². The summed E-state index contributed by atoms with van der Waals surface area (Å²) in [6.45, 7) is 1.41. The molecule has 0 aliphatic heterocycles. The van der Waals surface area contributed by atoms with Crippen LogP contribution in [0.3, 0.4) is 0 Å². The number of hydrogen-bond acceptors (Lipinski definition) is 7. The van der Waals surface area contributed by atoms with Crippen LogP contribution in [0.4, 0.5) is 17.2 Å². The van der Waals surface area contributed by atoms with E-state index in [4.69, 9.17) is 0 Å². The number of anilines is 3. The Kier molecular flexibility index (Phi) is 9.61. The summed E-state index contributed by atoms with van der Waals surface area (Å²) in [6, 6.07) is 23.5. The molecule has 5 rings (SSSR count). The van der Waals surface area contributed by atoms with Gasteiger partial charge in [0, 0.05) is 29.9 Å². The summed E-state index contributed by atoms with van der Waals surface area (Å²) in [5, 5.41) is 11.4. The minimum Gasteiger partial charge on any atom is -0.329 e.